The first-order valence-electron chi connectivity index (χ1n) is 6.79. The molecule has 1 saturated carbocycles. The lowest BCUT2D eigenvalue weighted by atomic mass is 10.1. The van der Waals surface area contributed by atoms with Crippen LogP contribution >= 0.6 is 34.2 Å². The summed E-state index contributed by atoms with van der Waals surface area (Å²) in [5.74, 6) is 1.27. The average molecular weight is 407 g/mol. The van der Waals surface area contributed by atoms with Crippen molar-refractivity contribution in [3.05, 3.63) is 27.3 Å². The summed E-state index contributed by atoms with van der Waals surface area (Å²) < 4.78 is 16.6. The zero-order valence-corrected chi connectivity index (χ0v) is 14.7. The summed E-state index contributed by atoms with van der Waals surface area (Å²) >= 11 is 8.25. The Kier molecular flexibility index (Phi) is 3.52. The van der Waals surface area contributed by atoms with E-state index in [0.29, 0.717) is 14.9 Å². The summed E-state index contributed by atoms with van der Waals surface area (Å²) in [6.45, 7) is 7.32. The molecule has 2 unspecified atom stereocenters. The van der Waals surface area contributed by atoms with E-state index in [1.165, 1.54) is 6.42 Å². The number of imidazole rings is 1. The van der Waals surface area contributed by atoms with E-state index < -0.39 is 0 Å². The quantitative estimate of drug-likeness (QED) is 0.511. The Morgan fingerprint density at radius 3 is 2.75 bits per heavy atom. The van der Waals surface area contributed by atoms with Crippen molar-refractivity contribution in [2.24, 2.45) is 11.3 Å². The number of fused-ring (bicyclic) bond motifs is 1. The van der Waals surface area contributed by atoms with Gasteiger partial charge in [-0.15, -0.1) is 11.6 Å². The smallest absolute Gasteiger partial charge is 0.138 e. The van der Waals surface area contributed by atoms with Crippen LogP contribution in [0.25, 0.3) is 11.0 Å². The summed E-state index contributed by atoms with van der Waals surface area (Å²) in [7, 11) is 0. The van der Waals surface area contributed by atoms with Crippen LogP contribution in [-0.2, 0) is 6.54 Å². The molecule has 108 valence electrons. The number of benzene rings is 1. The van der Waals surface area contributed by atoms with Gasteiger partial charge < -0.3 is 4.57 Å². The van der Waals surface area contributed by atoms with Crippen molar-refractivity contribution >= 4 is 45.2 Å². The molecule has 1 aromatic carbocycles. The minimum atomic E-state index is -0.192. The number of halogens is 3. The number of alkyl halides is 1. The van der Waals surface area contributed by atoms with E-state index in [-0.39, 0.29) is 11.2 Å². The minimum absolute atomic E-state index is 0.176. The molecule has 0 aliphatic heterocycles. The molecular formula is C15H17ClFIN2. The van der Waals surface area contributed by atoms with Crippen LogP contribution in [0.5, 0.6) is 0 Å². The van der Waals surface area contributed by atoms with Crippen molar-refractivity contribution in [1.29, 1.82) is 0 Å². The Hall–Kier alpha value is -0.360. The van der Waals surface area contributed by atoms with E-state index in [9.17, 15) is 4.39 Å². The van der Waals surface area contributed by atoms with Gasteiger partial charge in [-0.25, -0.2) is 9.37 Å². The Balaban J connectivity index is 2.11. The average Bonchev–Trinajstić information content (AvgIpc) is 2.78. The molecule has 5 heteroatoms. The summed E-state index contributed by atoms with van der Waals surface area (Å²) in [4.78, 5) is 4.60. The molecule has 0 N–H and O–H groups in total. The van der Waals surface area contributed by atoms with Crippen LogP contribution < -0.4 is 0 Å². The second kappa shape index (κ2) is 4.83. The van der Waals surface area contributed by atoms with E-state index in [1.54, 1.807) is 12.1 Å². The molecule has 20 heavy (non-hydrogen) atoms. The number of aromatic nitrogens is 2. The van der Waals surface area contributed by atoms with Crippen molar-refractivity contribution in [3.63, 3.8) is 0 Å². The highest BCUT2D eigenvalue weighted by Gasteiger charge is 2.45. The standard InChI is InChI=1S/C15H17ClFIN2/c1-8(16)14-19-12-5-11(18)10(17)4-13(12)20(14)7-9-6-15(9,2)3/h4-5,8-9H,6-7H2,1-3H3. The Morgan fingerprint density at radius 1 is 1.55 bits per heavy atom. The van der Waals surface area contributed by atoms with Crippen LogP contribution in [0.3, 0.4) is 0 Å². The lowest BCUT2D eigenvalue weighted by Gasteiger charge is -2.11. The molecule has 1 aliphatic rings. The highest BCUT2D eigenvalue weighted by molar-refractivity contribution is 14.1. The second-order valence-electron chi connectivity index (χ2n) is 6.34. The van der Waals surface area contributed by atoms with E-state index in [1.807, 2.05) is 29.5 Å². The maximum absolute atomic E-state index is 13.9. The molecule has 1 fully saturated rings. The summed E-state index contributed by atoms with van der Waals surface area (Å²) in [5, 5.41) is -0.176. The molecule has 0 saturated heterocycles. The number of hydrogen-bond donors (Lipinski definition) is 0. The van der Waals surface area contributed by atoms with Gasteiger partial charge in [0, 0.05) is 12.6 Å². The predicted octanol–water partition coefficient (Wildman–Crippen LogP) is 5.13. The van der Waals surface area contributed by atoms with E-state index >= 15 is 0 Å². The predicted molar refractivity (Wildman–Crippen MR) is 88.6 cm³/mol. The number of hydrogen-bond acceptors (Lipinski definition) is 1. The van der Waals surface area contributed by atoms with Gasteiger partial charge in [0.1, 0.15) is 11.6 Å². The van der Waals surface area contributed by atoms with Gasteiger partial charge in [-0.1, -0.05) is 13.8 Å². The van der Waals surface area contributed by atoms with Crippen LogP contribution in [0.15, 0.2) is 12.1 Å². The molecule has 1 heterocycles. The highest BCUT2D eigenvalue weighted by Crippen LogP contribution is 2.53. The summed E-state index contributed by atoms with van der Waals surface area (Å²) in [6, 6.07) is 3.38. The van der Waals surface area contributed by atoms with E-state index in [0.717, 1.165) is 23.4 Å². The lowest BCUT2D eigenvalue weighted by molar-refractivity contribution is 0.495. The molecule has 2 atom stereocenters. The SMILES string of the molecule is CC(Cl)c1nc2cc(I)c(F)cc2n1CC1CC1(C)C. The summed E-state index contributed by atoms with van der Waals surface area (Å²) in [5.41, 5.74) is 2.07. The Morgan fingerprint density at radius 2 is 2.20 bits per heavy atom. The van der Waals surface area contributed by atoms with E-state index in [4.69, 9.17) is 11.6 Å². The van der Waals surface area contributed by atoms with Crippen LogP contribution in [0, 0.1) is 20.7 Å². The topological polar surface area (TPSA) is 17.8 Å². The van der Waals surface area contributed by atoms with Gasteiger partial charge in [-0.05, 0) is 53.3 Å². The normalized spacial score (nSPS) is 22.2. The monoisotopic (exact) mass is 406 g/mol. The molecule has 0 radical (unpaired) electrons. The van der Waals surface area contributed by atoms with Gasteiger partial charge in [-0.3, -0.25) is 0 Å². The third kappa shape index (κ3) is 2.45. The first kappa shape index (κ1) is 14.6. The molecule has 0 spiro atoms. The largest absolute Gasteiger partial charge is 0.326 e. The van der Waals surface area contributed by atoms with E-state index in [2.05, 4.69) is 23.4 Å². The van der Waals surface area contributed by atoms with Crippen molar-refractivity contribution in [1.82, 2.24) is 9.55 Å². The number of nitrogens with zero attached hydrogens (tertiary/aromatic N) is 2. The Bertz CT molecular complexity index is 678. The zero-order valence-electron chi connectivity index (χ0n) is 11.8. The maximum atomic E-state index is 13.9. The van der Waals surface area contributed by atoms with Crippen LogP contribution in [0.2, 0.25) is 0 Å². The zero-order chi connectivity index (χ0) is 14.7. The van der Waals surface area contributed by atoms with Crippen molar-refractivity contribution in [2.45, 2.75) is 39.1 Å². The minimum Gasteiger partial charge on any atom is -0.326 e. The number of rotatable bonds is 3. The van der Waals surface area contributed by atoms with Gasteiger partial charge in [0.2, 0.25) is 0 Å². The second-order valence-corrected chi connectivity index (χ2v) is 8.16. The fraction of sp³-hybridized carbons (Fsp3) is 0.533. The molecule has 1 aliphatic carbocycles. The fourth-order valence-electron chi connectivity index (χ4n) is 2.74. The van der Waals surface area contributed by atoms with Crippen LogP contribution in [0.1, 0.15) is 38.4 Å². The van der Waals surface area contributed by atoms with Gasteiger partial charge in [0.15, 0.2) is 0 Å². The molecule has 2 aromatic rings. The molecular weight excluding hydrogens is 390 g/mol. The first-order valence-corrected chi connectivity index (χ1v) is 8.30. The van der Waals surface area contributed by atoms with Crippen molar-refractivity contribution < 1.29 is 4.39 Å². The van der Waals surface area contributed by atoms with Gasteiger partial charge in [0.05, 0.1) is 20.0 Å². The van der Waals surface area contributed by atoms with Gasteiger partial charge >= 0.3 is 0 Å². The molecule has 0 amide bonds. The summed E-state index contributed by atoms with van der Waals surface area (Å²) in [6.07, 6.45) is 1.20. The lowest BCUT2D eigenvalue weighted by Crippen LogP contribution is -2.08. The Labute approximate surface area is 136 Å². The molecule has 1 aromatic heterocycles. The third-order valence-electron chi connectivity index (χ3n) is 4.30. The van der Waals surface area contributed by atoms with Crippen molar-refractivity contribution in [2.75, 3.05) is 0 Å². The van der Waals surface area contributed by atoms with Crippen LogP contribution in [0.4, 0.5) is 4.39 Å². The molecule has 3 rings (SSSR count). The van der Waals surface area contributed by atoms with Gasteiger partial charge in [-0.2, -0.15) is 0 Å². The maximum Gasteiger partial charge on any atom is 0.138 e. The molecule has 0 bridgehead atoms. The first-order chi connectivity index (χ1) is 9.29. The van der Waals surface area contributed by atoms with Crippen LogP contribution in [-0.4, -0.2) is 9.55 Å². The molecule has 2 nitrogen and oxygen atoms in total. The highest BCUT2D eigenvalue weighted by atomic mass is 127. The van der Waals surface area contributed by atoms with Gasteiger partial charge in [0.25, 0.3) is 0 Å². The third-order valence-corrected chi connectivity index (χ3v) is 5.32. The fourth-order valence-corrected chi connectivity index (χ4v) is 3.36. The van der Waals surface area contributed by atoms with Crippen molar-refractivity contribution in [3.8, 4) is 0 Å².